The fourth-order valence-corrected chi connectivity index (χ4v) is 7.53. The maximum atomic E-state index is 12.5. The molecule has 0 heterocycles. The summed E-state index contributed by atoms with van der Waals surface area (Å²) in [5, 5.41) is 23.3. The van der Waals surface area contributed by atoms with Crippen molar-refractivity contribution in [3.05, 3.63) is 109 Å². The van der Waals surface area contributed by atoms with E-state index in [4.69, 9.17) is 0 Å². The number of carbonyl (C=O) groups is 1. The van der Waals surface area contributed by atoms with Crippen molar-refractivity contribution in [1.82, 2.24) is 5.32 Å². The maximum absolute atomic E-state index is 12.5. The fourth-order valence-electron chi connectivity index (χ4n) is 7.53. The van der Waals surface area contributed by atoms with Crippen molar-refractivity contribution >= 4 is 5.91 Å². The second-order valence-electron chi connectivity index (χ2n) is 17.6. The Morgan fingerprint density at radius 2 is 0.698 bits per heavy atom. The largest absolute Gasteiger partial charge is 0.394 e. The molecule has 0 rings (SSSR count). The molecule has 0 aliphatic carbocycles. The van der Waals surface area contributed by atoms with Gasteiger partial charge in [0.15, 0.2) is 0 Å². The number of amides is 1. The minimum Gasteiger partial charge on any atom is -0.394 e. The van der Waals surface area contributed by atoms with Crippen LogP contribution in [-0.2, 0) is 4.79 Å². The zero-order valence-corrected chi connectivity index (χ0v) is 41.3. The molecule has 0 saturated carbocycles. The van der Waals surface area contributed by atoms with Gasteiger partial charge in [-0.3, -0.25) is 4.79 Å². The van der Waals surface area contributed by atoms with Gasteiger partial charge in [-0.1, -0.05) is 258 Å². The maximum Gasteiger partial charge on any atom is 0.220 e. The van der Waals surface area contributed by atoms with Crippen LogP contribution in [0.15, 0.2) is 109 Å². The molecule has 0 saturated heterocycles. The molecule has 4 nitrogen and oxygen atoms in total. The Hall–Kier alpha value is -2.95. The van der Waals surface area contributed by atoms with Crippen LogP contribution in [-0.4, -0.2) is 34.9 Å². The molecule has 0 aromatic rings. The highest BCUT2D eigenvalue weighted by atomic mass is 16.3. The number of allylic oxidation sites excluding steroid dienone is 18. The van der Waals surface area contributed by atoms with Crippen LogP contribution in [0.1, 0.15) is 239 Å². The summed E-state index contributed by atoms with van der Waals surface area (Å²) in [5.74, 6) is -0.0660. The first-order chi connectivity index (χ1) is 31.2. The number of nitrogens with one attached hydrogen (secondary N) is 1. The Kier molecular flexibility index (Phi) is 50.9. The molecule has 2 atom stereocenters. The molecule has 0 bridgehead atoms. The summed E-state index contributed by atoms with van der Waals surface area (Å²) >= 11 is 0. The van der Waals surface area contributed by atoms with Gasteiger partial charge in [-0.2, -0.15) is 0 Å². The van der Waals surface area contributed by atoms with E-state index in [2.05, 4.69) is 129 Å². The van der Waals surface area contributed by atoms with Crippen LogP contribution in [0.4, 0.5) is 0 Å². The highest BCUT2D eigenvalue weighted by molar-refractivity contribution is 5.76. The zero-order chi connectivity index (χ0) is 45.6. The third-order valence-electron chi connectivity index (χ3n) is 11.5. The van der Waals surface area contributed by atoms with E-state index < -0.39 is 12.1 Å². The third-order valence-corrected chi connectivity index (χ3v) is 11.5. The lowest BCUT2D eigenvalue weighted by Crippen LogP contribution is -2.45. The van der Waals surface area contributed by atoms with Crippen molar-refractivity contribution in [1.29, 1.82) is 0 Å². The standard InChI is InChI=1S/C59H101NO3/c1-3-5-7-9-11-13-15-17-19-21-23-25-26-27-28-29-30-31-32-33-34-35-37-39-41-43-45-47-49-51-53-55-59(63)60-57(56-61)58(62)54-52-50-48-46-44-42-40-38-36-24-22-20-18-16-14-12-10-8-6-4-2/h5,7,11,13,17,19,23,25,27-28,30-31,33-34,37,39,43,45,57-58,61-62H,3-4,6,8-10,12,14-16,18,20-22,24,26,29,32,35-36,38,40-42,44,46-56H2,1-2H3,(H,60,63)/b7-5-,13-11-,19-17-,25-23-,28-27-,31-30-,34-33-,39-37-,45-43-. The van der Waals surface area contributed by atoms with Crippen molar-refractivity contribution in [2.45, 2.75) is 251 Å². The van der Waals surface area contributed by atoms with Crippen molar-refractivity contribution in [2.75, 3.05) is 6.61 Å². The van der Waals surface area contributed by atoms with Gasteiger partial charge in [0.1, 0.15) is 0 Å². The first-order valence-corrected chi connectivity index (χ1v) is 26.6. The monoisotopic (exact) mass is 872 g/mol. The summed E-state index contributed by atoms with van der Waals surface area (Å²) in [4.78, 5) is 12.5. The minimum absolute atomic E-state index is 0.0660. The Balaban J connectivity index is 3.65. The van der Waals surface area contributed by atoms with Crippen molar-refractivity contribution in [3.8, 4) is 0 Å². The van der Waals surface area contributed by atoms with Gasteiger partial charge < -0.3 is 15.5 Å². The van der Waals surface area contributed by atoms with Gasteiger partial charge in [0.25, 0.3) is 0 Å². The lowest BCUT2D eigenvalue weighted by atomic mass is 10.0. The molecule has 0 aromatic carbocycles. The van der Waals surface area contributed by atoms with E-state index in [-0.39, 0.29) is 12.5 Å². The summed E-state index contributed by atoms with van der Waals surface area (Å²) in [6, 6.07) is -0.563. The Bertz CT molecular complexity index is 1220. The van der Waals surface area contributed by atoms with Gasteiger partial charge in [-0.05, 0) is 83.5 Å². The molecule has 63 heavy (non-hydrogen) atoms. The number of rotatable bonds is 47. The van der Waals surface area contributed by atoms with Gasteiger partial charge in [-0.25, -0.2) is 0 Å². The number of hydrogen-bond donors (Lipinski definition) is 3. The average molecular weight is 872 g/mol. The first kappa shape index (κ1) is 60.1. The lowest BCUT2D eigenvalue weighted by molar-refractivity contribution is -0.123. The second kappa shape index (κ2) is 53.4. The molecular weight excluding hydrogens is 771 g/mol. The predicted octanol–water partition coefficient (Wildman–Crippen LogP) is 17.5. The van der Waals surface area contributed by atoms with E-state index in [1.54, 1.807) is 0 Å². The number of aliphatic hydroxyl groups excluding tert-OH is 2. The second-order valence-corrected chi connectivity index (χ2v) is 17.6. The molecule has 0 aliphatic heterocycles. The molecular formula is C59H101NO3. The van der Waals surface area contributed by atoms with Crippen LogP contribution in [0, 0.1) is 0 Å². The normalized spacial score (nSPS) is 13.8. The summed E-state index contributed by atoms with van der Waals surface area (Å²) in [5.41, 5.74) is 0. The van der Waals surface area contributed by atoms with Gasteiger partial charge in [0, 0.05) is 6.42 Å². The molecule has 360 valence electrons. The summed E-state index contributed by atoms with van der Waals surface area (Å²) in [6.07, 6.45) is 80.5. The molecule has 4 heteroatoms. The van der Waals surface area contributed by atoms with E-state index in [9.17, 15) is 15.0 Å². The molecule has 3 N–H and O–H groups in total. The van der Waals surface area contributed by atoms with Crippen molar-refractivity contribution < 1.29 is 15.0 Å². The van der Waals surface area contributed by atoms with Crippen molar-refractivity contribution in [2.24, 2.45) is 0 Å². The number of unbranched alkanes of at least 4 members (excludes halogenated alkanes) is 22. The van der Waals surface area contributed by atoms with Gasteiger partial charge >= 0.3 is 0 Å². The summed E-state index contributed by atoms with van der Waals surface area (Å²) in [7, 11) is 0. The van der Waals surface area contributed by atoms with E-state index >= 15 is 0 Å². The molecule has 0 fully saturated rings. The van der Waals surface area contributed by atoms with Crippen LogP contribution in [0.25, 0.3) is 0 Å². The number of carbonyl (C=O) groups excluding carboxylic acids is 1. The summed E-state index contributed by atoms with van der Waals surface area (Å²) in [6.45, 7) is 4.24. The molecule has 0 radical (unpaired) electrons. The van der Waals surface area contributed by atoms with Crippen LogP contribution in [0.3, 0.4) is 0 Å². The molecule has 0 aliphatic rings. The highest BCUT2D eigenvalue weighted by Crippen LogP contribution is 2.16. The van der Waals surface area contributed by atoms with E-state index in [0.717, 1.165) is 96.3 Å². The highest BCUT2D eigenvalue weighted by Gasteiger charge is 2.20. The fraction of sp³-hybridized carbons (Fsp3) is 0.678. The van der Waals surface area contributed by atoms with Crippen LogP contribution in [0.2, 0.25) is 0 Å². The van der Waals surface area contributed by atoms with Crippen LogP contribution >= 0.6 is 0 Å². The molecule has 1 amide bonds. The average Bonchev–Trinajstić information content (AvgIpc) is 3.29. The van der Waals surface area contributed by atoms with Crippen LogP contribution in [0.5, 0.6) is 0 Å². The molecule has 0 spiro atoms. The molecule has 0 aromatic heterocycles. The number of aliphatic hydroxyl groups is 2. The van der Waals surface area contributed by atoms with E-state index in [1.807, 2.05) is 0 Å². The third kappa shape index (κ3) is 49.9. The zero-order valence-electron chi connectivity index (χ0n) is 41.3. The topological polar surface area (TPSA) is 69.6 Å². The van der Waals surface area contributed by atoms with Gasteiger partial charge in [-0.15, -0.1) is 0 Å². The first-order valence-electron chi connectivity index (χ1n) is 26.6. The smallest absolute Gasteiger partial charge is 0.220 e. The Morgan fingerprint density at radius 3 is 1.03 bits per heavy atom. The quantitative estimate of drug-likeness (QED) is 0.0421. The van der Waals surface area contributed by atoms with Gasteiger partial charge in [0.2, 0.25) is 5.91 Å². The summed E-state index contributed by atoms with van der Waals surface area (Å²) < 4.78 is 0. The van der Waals surface area contributed by atoms with Gasteiger partial charge in [0.05, 0.1) is 18.8 Å². The van der Waals surface area contributed by atoms with Crippen LogP contribution < -0.4 is 5.32 Å². The van der Waals surface area contributed by atoms with Crippen molar-refractivity contribution in [3.63, 3.8) is 0 Å². The predicted molar refractivity (Wildman–Crippen MR) is 280 cm³/mol. The number of hydrogen-bond acceptors (Lipinski definition) is 3. The lowest BCUT2D eigenvalue weighted by Gasteiger charge is -2.22. The minimum atomic E-state index is -0.682. The Labute approximate surface area is 391 Å². The Morgan fingerprint density at radius 1 is 0.397 bits per heavy atom. The SMILES string of the molecule is CC/C=C\C/C=C\C/C=C\C/C=C\C/C=C\C/C=C\C/C=C\C/C=C\C/C=C\CCCCCC(=O)NC(CO)C(O)CCCCCCCCCCCCCCCCCCCCCC. The van der Waals surface area contributed by atoms with E-state index in [1.165, 1.54) is 116 Å². The molecule has 2 unspecified atom stereocenters. The van der Waals surface area contributed by atoms with E-state index in [0.29, 0.717) is 12.8 Å².